The monoisotopic (exact) mass is 851 g/mol. The highest BCUT2D eigenvalue weighted by molar-refractivity contribution is 7.31. The summed E-state index contributed by atoms with van der Waals surface area (Å²) in [7, 11) is 2.61. The molecule has 0 aliphatic carbocycles. The fourth-order valence-electron chi connectivity index (χ4n) is 8.84. The van der Waals surface area contributed by atoms with Gasteiger partial charge in [0, 0.05) is 48.8 Å². The number of hydrogen-bond acceptors (Lipinski definition) is 9. The lowest BCUT2D eigenvalue weighted by atomic mass is 10.0. The zero-order valence-corrected chi connectivity index (χ0v) is 36.9. The summed E-state index contributed by atoms with van der Waals surface area (Å²) in [5.41, 5.74) is 6.00. The molecule has 0 spiro atoms. The van der Waals surface area contributed by atoms with Crippen LogP contribution in [-0.4, -0.2) is 88.1 Å². The Hall–Kier alpha value is -5.41. The van der Waals surface area contributed by atoms with Gasteiger partial charge in [-0.3, -0.25) is 9.59 Å². The van der Waals surface area contributed by atoms with Gasteiger partial charge in [-0.1, -0.05) is 53.7 Å². The average molecular weight is 852 g/mol. The van der Waals surface area contributed by atoms with Gasteiger partial charge in [-0.15, -0.1) is 22.7 Å². The minimum absolute atomic E-state index is 0.0936. The Balaban J connectivity index is 1.00. The van der Waals surface area contributed by atoms with E-state index in [9.17, 15) is 19.2 Å². The van der Waals surface area contributed by atoms with E-state index in [1.54, 1.807) is 22.7 Å². The lowest BCUT2D eigenvalue weighted by molar-refractivity contribution is -0.136. The number of hydrogen-bond donors (Lipinski definition) is 4. The van der Waals surface area contributed by atoms with E-state index in [1.807, 2.05) is 43.6 Å². The predicted molar refractivity (Wildman–Crippen MR) is 237 cm³/mol. The highest BCUT2D eigenvalue weighted by atomic mass is 32.1. The second-order valence-electron chi connectivity index (χ2n) is 17.2. The fourth-order valence-corrected chi connectivity index (χ4v) is 11.2. The van der Waals surface area contributed by atoms with Gasteiger partial charge >= 0.3 is 12.2 Å². The molecule has 0 saturated carbocycles. The van der Waals surface area contributed by atoms with Gasteiger partial charge in [0.1, 0.15) is 17.9 Å². The number of nitrogens with zero attached hydrogens (tertiary/aromatic N) is 3. The first-order valence-electron chi connectivity index (χ1n) is 20.7. The Morgan fingerprint density at radius 2 is 1.23 bits per heavy atom. The summed E-state index contributed by atoms with van der Waals surface area (Å²) in [4.78, 5) is 70.0. The Morgan fingerprint density at radius 3 is 1.80 bits per heavy atom. The van der Waals surface area contributed by atoms with Gasteiger partial charge in [-0.2, -0.15) is 0 Å². The number of alkyl carbamates (subject to hydrolysis) is 2. The summed E-state index contributed by atoms with van der Waals surface area (Å²) < 4.78 is 12.1. The van der Waals surface area contributed by atoms with Gasteiger partial charge in [-0.05, 0) is 90.1 Å². The molecule has 15 heteroatoms. The molecule has 2 saturated heterocycles. The first-order valence-corrected chi connectivity index (χ1v) is 22.3. The Bertz CT molecular complexity index is 2380. The van der Waals surface area contributed by atoms with Crippen LogP contribution in [-0.2, 0) is 19.1 Å². The molecule has 2 aromatic carbocycles. The standard InChI is InChI=1S/C45H53N7O6S2/c1-22(2)39(49-44(55)57-7)42(53)51-20-24(5)13-33(51)32-17-28-15-26(9-11-29(28)46-32)35-18-37-38(59-35)19-36(60-37)27-10-12-30-31(16-27)48-41(47-30)34-14-25(6)21-52(34)43(54)40(23(3)4)50-45(56)58-8/h9-12,15-19,22-25,33-34,39-40,46H,13-14,20-21H2,1-8H3,(H,47,48)(H,49,55)(H,50,56)/t24-,25-,33-,34-,39-,40-/m0/s1. The Morgan fingerprint density at radius 1 is 0.700 bits per heavy atom. The van der Waals surface area contributed by atoms with Crippen LogP contribution in [0.15, 0.2) is 54.6 Å². The smallest absolute Gasteiger partial charge is 0.407 e. The number of aromatic amines is 2. The number of methoxy groups -OCH3 is 2. The van der Waals surface area contributed by atoms with Crippen molar-refractivity contribution in [1.82, 2.24) is 35.4 Å². The van der Waals surface area contributed by atoms with Gasteiger partial charge in [0.05, 0.1) is 37.3 Å². The minimum Gasteiger partial charge on any atom is -0.453 e. The van der Waals surface area contributed by atoms with Crippen LogP contribution in [0.4, 0.5) is 9.59 Å². The number of aromatic nitrogens is 3. The number of fused-ring (bicyclic) bond motifs is 3. The summed E-state index contributed by atoms with van der Waals surface area (Å²) in [6.45, 7) is 13.2. The number of ether oxygens (including phenoxy) is 2. The summed E-state index contributed by atoms with van der Waals surface area (Å²) in [6, 6.07) is 17.7. The highest BCUT2D eigenvalue weighted by Gasteiger charge is 2.41. The van der Waals surface area contributed by atoms with Crippen LogP contribution < -0.4 is 10.6 Å². The number of thiophene rings is 2. The van der Waals surface area contributed by atoms with Crippen LogP contribution in [0.2, 0.25) is 0 Å². The third kappa shape index (κ3) is 7.96. The van der Waals surface area contributed by atoms with Crippen molar-refractivity contribution in [3.63, 3.8) is 0 Å². The molecule has 2 aliphatic rings. The number of nitrogens with one attached hydrogen (secondary N) is 4. The fraction of sp³-hybridized carbons (Fsp3) is 0.444. The minimum atomic E-state index is -0.697. The summed E-state index contributed by atoms with van der Waals surface area (Å²) in [5.74, 6) is 0.922. The molecule has 316 valence electrons. The molecule has 8 rings (SSSR count). The largest absolute Gasteiger partial charge is 0.453 e. The van der Waals surface area contributed by atoms with E-state index in [0.29, 0.717) is 19.0 Å². The molecule has 13 nitrogen and oxygen atoms in total. The van der Waals surface area contributed by atoms with E-state index in [2.05, 4.69) is 83.0 Å². The van der Waals surface area contributed by atoms with Crippen molar-refractivity contribution < 1.29 is 28.7 Å². The molecule has 0 unspecified atom stereocenters. The maximum Gasteiger partial charge on any atom is 0.407 e. The lowest BCUT2D eigenvalue weighted by Crippen LogP contribution is -2.51. The van der Waals surface area contributed by atoms with Gasteiger partial charge in [0.2, 0.25) is 11.8 Å². The van der Waals surface area contributed by atoms with Crippen LogP contribution in [0, 0.1) is 23.7 Å². The van der Waals surface area contributed by atoms with Crippen molar-refractivity contribution in [2.45, 2.75) is 78.6 Å². The van der Waals surface area contributed by atoms with E-state index >= 15 is 0 Å². The normalized spacial score (nSPS) is 20.4. The van der Waals surface area contributed by atoms with Crippen LogP contribution in [0.3, 0.4) is 0 Å². The lowest BCUT2D eigenvalue weighted by Gasteiger charge is -2.30. The van der Waals surface area contributed by atoms with Crippen molar-refractivity contribution in [1.29, 1.82) is 0 Å². The molecule has 2 fully saturated rings. The van der Waals surface area contributed by atoms with Crippen molar-refractivity contribution in [3.8, 4) is 20.9 Å². The molecule has 6 atom stereocenters. The van der Waals surface area contributed by atoms with E-state index < -0.39 is 24.3 Å². The molecule has 60 heavy (non-hydrogen) atoms. The maximum atomic E-state index is 13.8. The molecule has 4 amide bonds. The third-order valence-electron chi connectivity index (χ3n) is 12.0. The Kier molecular flexibility index (Phi) is 11.4. The first kappa shape index (κ1) is 41.3. The molecule has 6 heterocycles. The van der Waals surface area contributed by atoms with E-state index in [1.165, 1.54) is 28.5 Å². The molecule has 6 aromatic rings. The Labute approximate surface area is 357 Å². The van der Waals surface area contributed by atoms with Gasteiger partial charge in [0.25, 0.3) is 0 Å². The predicted octanol–water partition coefficient (Wildman–Crippen LogP) is 9.23. The zero-order valence-electron chi connectivity index (χ0n) is 35.3. The third-order valence-corrected chi connectivity index (χ3v) is 14.4. The maximum absolute atomic E-state index is 13.8. The van der Waals surface area contributed by atoms with Crippen LogP contribution in [0.1, 0.15) is 78.0 Å². The van der Waals surface area contributed by atoms with E-state index in [0.717, 1.165) is 62.3 Å². The quantitative estimate of drug-likeness (QED) is 0.107. The summed E-state index contributed by atoms with van der Waals surface area (Å²) >= 11 is 3.53. The van der Waals surface area contributed by atoms with Crippen molar-refractivity contribution >= 4 is 78.0 Å². The number of carbonyl (C=O) groups is 4. The number of rotatable bonds is 10. The SMILES string of the molecule is COC(=O)N[C@H](C(=O)N1C[C@@H](C)C[C@H]1c1cc2cc(-c3cc4sc(-c5ccc6nc([C@@H]7C[C@H](C)CN7C(=O)[C@@H](NC(=O)OC)C(C)C)[nH]c6c5)cc4s3)ccc2[nH]1)C(C)C. The molecule has 4 N–H and O–H groups in total. The number of H-pyrrole nitrogens is 2. The summed E-state index contributed by atoms with van der Waals surface area (Å²) in [5, 5.41) is 6.57. The number of amides is 4. The molecular weight excluding hydrogens is 799 g/mol. The zero-order chi connectivity index (χ0) is 42.6. The molecular formula is C45H53N7O6S2. The topological polar surface area (TPSA) is 162 Å². The molecule has 4 aromatic heterocycles. The average Bonchev–Trinajstić information content (AvgIpc) is 4.07. The molecule has 0 radical (unpaired) electrons. The van der Waals surface area contributed by atoms with Gasteiger partial charge in [0.15, 0.2) is 0 Å². The number of benzene rings is 2. The van der Waals surface area contributed by atoms with E-state index in [-0.39, 0.29) is 41.7 Å². The van der Waals surface area contributed by atoms with Gasteiger partial charge < -0.3 is 39.9 Å². The van der Waals surface area contributed by atoms with Crippen molar-refractivity contribution in [2.24, 2.45) is 23.7 Å². The van der Waals surface area contributed by atoms with E-state index in [4.69, 9.17) is 14.5 Å². The molecule has 2 aliphatic heterocycles. The van der Waals surface area contributed by atoms with Crippen molar-refractivity contribution in [2.75, 3.05) is 27.3 Å². The first-order chi connectivity index (χ1) is 28.7. The highest BCUT2D eigenvalue weighted by Crippen LogP contribution is 2.44. The second-order valence-corrected chi connectivity index (χ2v) is 19.4. The van der Waals surface area contributed by atoms with Gasteiger partial charge in [-0.25, -0.2) is 14.6 Å². The number of imidazole rings is 1. The number of carbonyl (C=O) groups excluding carboxylic acids is 4. The van der Waals surface area contributed by atoms with Crippen LogP contribution >= 0.6 is 22.7 Å². The van der Waals surface area contributed by atoms with Crippen molar-refractivity contribution in [3.05, 3.63) is 66.1 Å². The van der Waals surface area contributed by atoms with Crippen LogP contribution in [0.5, 0.6) is 0 Å². The number of likely N-dealkylation sites (tertiary alicyclic amines) is 2. The second kappa shape index (κ2) is 16.6. The summed E-state index contributed by atoms with van der Waals surface area (Å²) in [6.07, 6.45) is 0.387. The van der Waals surface area contributed by atoms with Crippen LogP contribution in [0.25, 0.3) is 52.2 Å². The molecule has 0 bridgehead atoms.